The van der Waals surface area contributed by atoms with Gasteiger partial charge in [-0.25, -0.2) is 0 Å². The van der Waals surface area contributed by atoms with Crippen molar-refractivity contribution in [3.63, 3.8) is 0 Å². The van der Waals surface area contributed by atoms with E-state index in [9.17, 15) is 18.0 Å². The van der Waals surface area contributed by atoms with Crippen molar-refractivity contribution in [2.45, 2.75) is 37.6 Å². The van der Waals surface area contributed by atoms with Gasteiger partial charge in [0.05, 0.1) is 18.8 Å². The molecule has 2 aliphatic heterocycles. The van der Waals surface area contributed by atoms with E-state index < -0.39 is 11.7 Å². The number of Topliss-reactive ketones (excluding diaryl/α,β-unsaturated/α-hetero) is 1. The predicted octanol–water partition coefficient (Wildman–Crippen LogP) is 2.64. The van der Waals surface area contributed by atoms with Gasteiger partial charge in [-0.2, -0.15) is 13.2 Å². The first-order valence-electron chi connectivity index (χ1n) is 6.95. The summed E-state index contributed by atoms with van der Waals surface area (Å²) in [6, 6.07) is 5.36. The van der Waals surface area contributed by atoms with Gasteiger partial charge in [0.2, 0.25) is 0 Å². The van der Waals surface area contributed by atoms with Crippen molar-refractivity contribution < 1.29 is 22.7 Å². The molecule has 1 aromatic carbocycles. The Hall–Kier alpha value is -1.40. The molecule has 2 aliphatic rings. The first-order chi connectivity index (χ1) is 9.93. The van der Waals surface area contributed by atoms with E-state index in [4.69, 9.17) is 4.74 Å². The Morgan fingerprint density at radius 2 is 1.86 bits per heavy atom. The van der Waals surface area contributed by atoms with Crippen LogP contribution in [-0.2, 0) is 22.3 Å². The minimum atomic E-state index is -4.33. The third kappa shape index (κ3) is 3.11. The number of rotatable bonds is 2. The molecule has 0 aliphatic carbocycles. The molecule has 3 nitrogen and oxygen atoms in total. The van der Waals surface area contributed by atoms with Crippen molar-refractivity contribution in [2.75, 3.05) is 13.2 Å². The van der Waals surface area contributed by atoms with Gasteiger partial charge in [-0.15, -0.1) is 0 Å². The van der Waals surface area contributed by atoms with Crippen LogP contribution >= 0.6 is 0 Å². The van der Waals surface area contributed by atoms with E-state index in [-0.39, 0.29) is 17.9 Å². The van der Waals surface area contributed by atoms with Gasteiger partial charge in [0.15, 0.2) is 0 Å². The molecule has 2 fully saturated rings. The zero-order chi connectivity index (χ0) is 15.0. The fourth-order valence-corrected chi connectivity index (χ4v) is 3.11. The van der Waals surface area contributed by atoms with Gasteiger partial charge in [-0.05, 0) is 11.6 Å². The first kappa shape index (κ1) is 14.5. The lowest BCUT2D eigenvalue weighted by atomic mass is 9.92. The molecule has 114 valence electrons. The minimum absolute atomic E-state index is 0.0143. The number of hydrogen-bond donors (Lipinski definition) is 0. The number of halogens is 3. The molecular weight excluding hydrogens is 283 g/mol. The monoisotopic (exact) mass is 299 g/mol. The Morgan fingerprint density at radius 1 is 1.19 bits per heavy atom. The standard InChI is InChI=1S/C15H16F3NO2/c16-15(17,18)11-3-1-2-10(4-11)7-19-12-5-14(20)6-13(19)9-21-8-12/h1-4,12-13H,5-9H2. The van der Waals surface area contributed by atoms with E-state index in [1.54, 1.807) is 6.07 Å². The number of benzene rings is 1. The van der Waals surface area contributed by atoms with Gasteiger partial charge in [-0.1, -0.05) is 18.2 Å². The maximum Gasteiger partial charge on any atom is 0.416 e. The number of morpholine rings is 1. The molecule has 6 heteroatoms. The van der Waals surface area contributed by atoms with Crippen LogP contribution in [0.3, 0.4) is 0 Å². The summed E-state index contributed by atoms with van der Waals surface area (Å²) in [5.74, 6) is 0.216. The third-order valence-corrected chi connectivity index (χ3v) is 4.10. The van der Waals surface area contributed by atoms with Crippen molar-refractivity contribution in [1.29, 1.82) is 0 Å². The van der Waals surface area contributed by atoms with Crippen molar-refractivity contribution in [3.8, 4) is 0 Å². The van der Waals surface area contributed by atoms with Crippen LogP contribution in [0.5, 0.6) is 0 Å². The Balaban J connectivity index is 1.79. The molecule has 1 aromatic rings. The van der Waals surface area contributed by atoms with E-state index in [0.717, 1.165) is 6.07 Å². The number of carbonyl (C=O) groups is 1. The number of ether oxygens (including phenoxy) is 1. The predicted molar refractivity (Wildman–Crippen MR) is 69.6 cm³/mol. The van der Waals surface area contributed by atoms with Crippen molar-refractivity contribution in [2.24, 2.45) is 0 Å². The number of fused-ring (bicyclic) bond motifs is 2. The van der Waals surface area contributed by atoms with Crippen molar-refractivity contribution in [3.05, 3.63) is 35.4 Å². The highest BCUT2D eigenvalue weighted by Gasteiger charge is 2.38. The largest absolute Gasteiger partial charge is 0.416 e. The second kappa shape index (κ2) is 5.42. The van der Waals surface area contributed by atoms with Gasteiger partial charge in [0, 0.05) is 31.5 Å². The van der Waals surface area contributed by atoms with Gasteiger partial charge >= 0.3 is 6.18 Å². The molecule has 2 atom stereocenters. The lowest BCUT2D eigenvalue weighted by Gasteiger charge is -2.45. The lowest BCUT2D eigenvalue weighted by Crippen LogP contribution is -2.56. The molecule has 2 heterocycles. The molecular formula is C15H16F3NO2. The Labute approximate surface area is 120 Å². The average Bonchev–Trinajstić information content (AvgIpc) is 2.39. The van der Waals surface area contributed by atoms with Gasteiger partial charge < -0.3 is 4.74 Å². The summed E-state index contributed by atoms with van der Waals surface area (Å²) in [5, 5.41) is 0. The van der Waals surface area contributed by atoms with Crippen LogP contribution in [0.1, 0.15) is 24.0 Å². The minimum Gasteiger partial charge on any atom is -0.378 e. The summed E-state index contributed by atoms with van der Waals surface area (Å²) in [6.07, 6.45) is -3.47. The Bertz CT molecular complexity index is 528. The highest BCUT2D eigenvalue weighted by molar-refractivity contribution is 5.80. The summed E-state index contributed by atoms with van der Waals surface area (Å²) in [4.78, 5) is 13.7. The van der Waals surface area contributed by atoms with Crippen LogP contribution in [-0.4, -0.2) is 36.0 Å². The molecule has 0 saturated carbocycles. The van der Waals surface area contributed by atoms with Gasteiger partial charge in [0.1, 0.15) is 5.78 Å². The molecule has 2 saturated heterocycles. The quantitative estimate of drug-likeness (QED) is 0.841. The number of ketones is 1. The fourth-order valence-electron chi connectivity index (χ4n) is 3.11. The van der Waals surface area contributed by atoms with E-state index >= 15 is 0 Å². The highest BCUT2D eigenvalue weighted by Crippen LogP contribution is 2.31. The Kier molecular flexibility index (Phi) is 3.75. The summed E-state index contributed by atoms with van der Waals surface area (Å²) in [7, 11) is 0. The summed E-state index contributed by atoms with van der Waals surface area (Å²) >= 11 is 0. The van der Waals surface area contributed by atoms with Crippen LogP contribution in [0.15, 0.2) is 24.3 Å². The summed E-state index contributed by atoms with van der Waals surface area (Å²) < 4.78 is 43.7. The maximum absolute atomic E-state index is 12.8. The zero-order valence-electron chi connectivity index (χ0n) is 11.4. The van der Waals surface area contributed by atoms with Gasteiger partial charge in [0.25, 0.3) is 0 Å². The van der Waals surface area contributed by atoms with Crippen LogP contribution in [0, 0.1) is 0 Å². The molecule has 0 amide bonds. The molecule has 0 aromatic heterocycles. The maximum atomic E-state index is 12.8. The van der Waals surface area contributed by atoms with E-state index in [1.807, 2.05) is 0 Å². The molecule has 2 bridgehead atoms. The summed E-state index contributed by atoms with van der Waals surface area (Å²) in [5.41, 5.74) is -0.00873. The number of carbonyl (C=O) groups excluding carboxylic acids is 1. The number of alkyl halides is 3. The lowest BCUT2D eigenvalue weighted by molar-refractivity contribution is -0.137. The molecule has 0 N–H and O–H groups in total. The average molecular weight is 299 g/mol. The smallest absolute Gasteiger partial charge is 0.378 e. The molecule has 0 spiro atoms. The zero-order valence-corrected chi connectivity index (χ0v) is 11.4. The van der Waals surface area contributed by atoms with Crippen LogP contribution in [0.25, 0.3) is 0 Å². The topological polar surface area (TPSA) is 29.5 Å². The molecule has 21 heavy (non-hydrogen) atoms. The van der Waals surface area contributed by atoms with Crippen LogP contribution in [0.4, 0.5) is 13.2 Å². The molecule has 3 rings (SSSR count). The van der Waals surface area contributed by atoms with Gasteiger partial charge in [-0.3, -0.25) is 9.69 Å². The van der Waals surface area contributed by atoms with Crippen molar-refractivity contribution >= 4 is 5.78 Å². The number of nitrogens with zero attached hydrogens (tertiary/aromatic N) is 1. The third-order valence-electron chi connectivity index (χ3n) is 4.10. The second-order valence-corrected chi connectivity index (χ2v) is 5.66. The van der Waals surface area contributed by atoms with Crippen LogP contribution in [0.2, 0.25) is 0 Å². The fraction of sp³-hybridized carbons (Fsp3) is 0.533. The SMILES string of the molecule is O=C1CC2COCC(C1)N2Cc1cccc(C(F)(F)F)c1. The summed E-state index contributed by atoms with van der Waals surface area (Å²) in [6.45, 7) is 1.37. The number of hydrogen-bond acceptors (Lipinski definition) is 3. The van der Waals surface area contributed by atoms with E-state index in [2.05, 4.69) is 4.90 Å². The normalized spacial score (nSPS) is 26.9. The molecule has 2 unspecified atom stereocenters. The van der Waals surface area contributed by atoms with E-state index in [0.29, 0.717) is 38.2 Å². The second-order valence-electron chi connectivity index (χ2n) is 5.66. The number of piperidine rings is 1. The van der Waals surface area contributed by atoms with Crippen molar-refractivity contribution in [1.82, 2.24) is 4.90 Å². The van der Waals surface area contributed by atoms with Crippen LogP contribution < -0.4 is 0 Å². The van der Waals surface area contributed by atoms with E-state index in [1.165, 1.54) is 12.1 Å². The highest BCUT2D eigenvalue weighted by atomic mass is 19.4. The Morgan fingerprint density at radius 3 is 2.48 bits per heavy atom. The molecule has 0 radical (unpaired) electrons. The first-order valence-corrected chi connectivity index (χ1v) is 6.95.